The minimum atomic E-state index is -4.40. The third-order valence-corrected chi connectivity index (χ3v) is 5.97. The lowest BCUT2D eigenvalue weighted by Crippen LogP contribution is -2.04. The Kier molecular flexibility index (Phi) is 5.82. The Hall–Kier alpha value is -3.49. The van der Waals surface area contributed by atoms with Crippen molar-refractivity contribution in [2.45, 2.75) is 18.0 Å². The van der Waals surface area contributed by atoms with Crippen molar-refractivity contribution in [2.75, 3.05) is 0 Å². The molecule has 0 aliphatic carbocycles. The van der Waals surface area contributed by atoms with E-state index in [1.807, 2.05) is 12.1 Å². The van der Waals surface area contributed by atoms with Crippen molar-refractivity contribution in [3.05, 3.63) is 96.2 Å². The van der Waals surface area contributed by atoms with Crippen LogP contribution in [0, 0.1) is 6.92 Å². The number of rotatable bonds is 4. The largest absolute Gasteiger partial charge is 0.416 e. The standard InChI is InChI=1S/C25H18F3NO3S/c1-16-12-21(17-8-10-22(11-9-17)25(26,27)28)15-24(29-16)20-6-2-4-18(13-20)19-5-3-7-23(14-19)33(30,31)32/h2-15H,1H3,(H,30,31,32). The van der Waals surface area contributed by atoms with E-state index in [0.717, 1.165) is 28.8 Å². The number of hydrogen-bond acceptors (Lipinski definition) is 3. The van der Waals surface area contributed by atoms with Crippen LogP contribution < -0.4 is 0 Å². The van der Waals surface area contributed by atoms with Crippen molar-refractivity contribution in [2.24, 2.45) is 0 Å². The van der Waals surface area contributed by atoms with E-state index in [4.69, 9.17) is 0 Å². The van der Waals surface area contributed by atoms with Crippen LogP contribution in [0.5, 0.6) is 0 Å². The van der Waals surface area contributed by atoms with Gasteiger partial charge in [-0.2, -0.15) is 21.6 Å². The Morgan fingerprint density at radius 2 is 1.33 bits per heavy atom. The lowest BCUT2D eigenvalue weighted by Gasteiger charge is -2.11. The summed E-state index contributed by atoms with van der Waals surface area (Å²) in [4.78, 5) is 4.36. The number of halogens is 3. The van der Waals surface area contributed by atoms with Gasteiger partial charge in [0.05, 0.1) is 16.2 Å². The van der Waals surface area contributed by atoms with Crippen LogP contribution in [0.2, 0.25) is 0 Å². The molecule has 0 saturated heterocycles. The molecule has 1 aromatic heterocycles. The molecule has 0 radical (unpaired) electrons. The maximum Gasteiger partial charge on any atom is 0.416 e. The maximum atomic E-state index is 12.9. The van der Waals surface area contributed by atoms with Crippen LogP contribution in [0.25, 0.3) is 33.5 Å². The fourth-order valence-corrected chi connectivity index (χ4v) is 4.06. The van der Waals surface area contributed by atoms with Crippen molar-refractivity contribution >= 4 is 10.1 Å². The predicted molar refractivity (Wildman–Crippen MR) is 120 cm³/mol. The average Bonchev–Trinajstić information content (AvgIpc) is 2.78. The first kappa shape index (κ1) is 22.7. The SMILES string of the molecule is Cc1cc(-c2ccc(C(F)(F)F)cc2)cc(-c2cccc(-c3cccc(S(=O)(=O)O)c3)c2)n1. The number of hydrogen-bond donors (Lipinski definition) is 1. The quantitative estimate of drug-likeness (QED) is 0.340. The molecule has 4 rings (SSSR count). The Balaban J connectivity index is 1.73. The fraction of sp³-hybridized carbons (Fsp3) is 0.0800. The first-order valence-corrected chi connectivity index (χ1v) is 11.3. The summed E-state index contributed by atoms with van der Waals surface area (Å²) in [5.41, 5.74) is 4.04. The molecule has 0 bridgehead atoms. The van der Waals surface area contributed by atoms with Crippen LogP contribution >= 0.6 is 0 Å². The van der Waals surface area contributed by atoms with Gasteiger partial charge in [0.15, 0.2) is 0 Å². The van der Waals surface area contributed by atoms with E-state index in [9.17, 15) is 26.1 Å². The second-order valence-corrected chi connectivity index (χ2v) is 8.96. The van der Waals surface area contributed by atoms with Crippen LogP contribution in [-0.2, 0) is 16.3 Å². The highest BCUT2D eigenvalue weighted by Crippen LogP contribution is 2.33. The molecule has 168 valence electrons. The summed E-state index contributed by atoms with van der Waals surface area (Å²) in [6.07, 6.45) is -4.40. The Morgan fingerprint density at radius 3 is 1.97 bits per heavy atom. The third-order valence-electron chi connectivity index (χ3n) is 5.12. The highest BCUT2D eigenvalue weighted by atomic mass is 32.2. The Morgan fingerprint density at radius 1 is 0.727 bits per heavy atom. The molecule has 0 fully saturated rings. The Bertz CT molecular complexity index is 1430. The molecule has 0 aliphatic heterocycles. The fourth-order valence-electron chi connectivity index (χ4n) is 3.53. The van der Waals surface area contributed by atoms with E-state index in [2.05, 4.69) is 4.98 Å². The number of aromatic nitrogens is 1. The zero-order valence-corrected chi connectivity index (χ0v) is 18.2. The lowest BCUT2D eigenvalue weighted by molar-refractivity contribution is -0.137. The molecule has 4 aromatic rings. The van der Waals surface area contributed by atoms with Gasteiger partial charge in [-0.25, -0.2) is 0 Å². The summed E-state index contributed by atoms with van der Waals surface area (Å²) in [6.45, 7) is 1.80. The summed E-state index contributed by atoms with van der Waals surface area (Å²) in [5, 5.41) is 0. The van der Waals surface area contributed by atoms with Crippen LogP contribution in [-0.4, -0.2) is 18.0 Å². The molecule has 33 heavy (non-hydrogen) atoms. The third kappa shape index (κ3) is 5.13. The number of pyridine rings is 1. The van der Waals surface area contributed by atoms with Gasteiger partial charge in [-0.15, -0.1) is 0 Å². The van der Waals surface area contributed by atoms with Gasteiger partial charge in [0.1, 0.15) is 0 Å². The molecular formula is C25H18F3NO3S. The second-order valence-electron chi connectivity index (χ2n) is 7.54. The van der Waals surface area contributed by atoms with Gasteiger partial charge in [0, 0.05) is 11.3 Å². The van der Waals surface area contributed by atoms with E-state index in [-0.39, 0.29) is 4.90 Å². The number of nitrogens with zero attached hydrogens (tertiary/aromatic N) is 1. The molecule has 1 heterocycles. The smallest absolute Gasteiger partial charge is 0.282 e. The molecule has 1 N–H and O–H groups in total. The van der Waals surface area contributed by atoms with Gasteiger partial charge in [-0.05, 0) is 71.6 Å². The molecule has 0 saturated carbocycles. The topological polar surface area (TPSA) is 67.3 Å². The number of alkyl halides is 3. The zero-order valence-electron chi connectivity index (χ0n) is 17.3. The van der Waals surface area contributed by atoms with Crippen molar-refractivity contribution in [1.82, 2.24) is 4.98 Å². The molecule has 0 spiro atoms. The molecule has 0 amide bonds. The van der Waals surface area contributed by atoms with E-state index < -0.39 is 21.9 Å². The molecular weight excluding hydrogens is 451 g/mol. The normalized spacial score (nSPS) is 12.0. The van der Waals surface area contributed by atoms with Crippen molar-refractivity contribution < 1.29 is 26.1 Å². The first-order valence-electron chi connectivity index (χ1n) is 9.85. The van der Waals surface area contributed by atoms with Crippen LogP contribution in [0.3, 0.4) is 0 Å². The summed E-state index contributed by atoms with van der Waals surface area (Å²) >= 11 is 0. The molecule has 0 atom stereocenters. The molecule has 0 aliphatic rings. The summed E-state index contributed by atoms with van der Waals surface area (Å²) in [5.74, 6) is 0. The highest BCUT2D eigenvalue weighted by Gasteiger charge is 2.30. The van der Waals surface area contributed by atoms with Crippen molar-refractivity contribution in [3.8, 4) is 33.5 Å². The van der Waals surface area contributed by atoms with Crippen molar-refractivity contribution in [3.63, 3.8) is 0 Å². The average molecular weight is 469 g/mol. The van der Waals surface area contributed by atoms with E-state index in [1.54, 1.807) is 43.3 Å². The summed E-state index contributed by atoms with van der Waals surface area (Å²) < 4.78 is 70.9. The van der Waals surface area contributed by atoms with Gasteiger partial charge in [0.2, 0.25) is 0 Å². The first-order chi connectivity index (χ1) is 15.5. The molecule has 3 aromatic carbocycles. The molecule has 4 nitrogen and oxygen atoms in total. The van der Waals surface area contributed by atoms with Gasteiger partial charge >= 0.3 is 6.18 Å². The molecule has 0 unspecified atom stereocenters. The zero-order chi connectivity index (χ0) is 23.8. The van der Waals surface area contributed by atoms with E-state index in [0.29, 0.717) is 22.5 Å². The monoisotopic (exact) mass is 469 g/mol. The number of aryl methyl sites for hydroxylation is 1. The Labute approximate surface area is 189 Å². The summed E-state index contributed by atoms with van der Waals surface area (Å²) in [7, 11) is -4.33. The summed E-state index contributed by atoms with van der Waals surface area (Å²) in [6, 6.07) is 21.8. The number of benzene rings is 3. The minimum Gasteiger partial charge on any atom is -0.282 e. The van der Waals surface area contributed by atoms with Crippen molar-refractivity contribution in [1.29, 1.82) is 0 Å². The maximum absolute atomic E-state index is 12.9. The highest BCUT2D eigenvalue weighted by molar-refractivity contribution is 7.85. The van der Waals surface area contributed by atoms with Gasteiger partial charge < -0.3 is 0 Å². The van der Waals surface area contributed by atoms with Gasteiger partial charge in [-0.1, -0.05) is 42.5 Å². The van der Waals surface area contributed by atoms with E-state index in [1.165, 1.54) is 24.3 Å². The minimum absolute atomic E-state index is 0.205. The van der Waals surface area contributed by atoms with Crippen LogP contribution in [0.15, 0.2) is 89.8 Å². The second kappa shape index (κ2) is 8.46. The molecule has 8 heteroatoms. The van der Waals surface area contributed by atoms with Crippen LogP contribution in [0.1, 0.15) is 11.3 Å². The van der Waals surface area contributed by atoms with Gasteiger partial charge in [0.25, 0.3) is 10.1 Å². The lowest BCUT2D eigenvalue weighted by atomic mass is 9.98. The van der Waals surface area contributed by atoms with Gasteiger partial charge in [-0.3, -0.25) is 9.54 Å². The predicted octanol–water partition coefficient (Wildman–Crippen LogP) is 6.66. The van der Waals surface area contributed by atoms with Crippen LogP contribution in [0.4, 0.5) is 13.2 Å². The van der Waals surface area contributed by atoms with E-state index >= 15 is 0 Å².